The van der Waals surface area contributed by atoms with Crippen LogP contribution in [0, 0.1) is 0 Å². The second-order valence-electron chi connectivity index (χ2n) is 4.72. The van der Waals surface area contributed by atoms with Crippen molar-refractivity contribution >= 4 is 11.8 Å². The molecule has 5 heteroatoms. The number of pyridine rings is 1. The zero-order valence-electron chi connectivity index (χ0n) is 12.8. The number of hydrogen-bond donors (Lipinski definition) is 1. The van der Waals surface area contributed by atoms with Crippen molar-refractivity contribution in [3.05, 3.63) is 42.2 Å². The Labute approximate surface area is 126 Å². The summed E-state index contributed by atoms with van der Waals surface area (Å²) in [6, 6.07) is 3.18. The molecule has 1 aromatic heterocycles. The minimum absolute atomic E-state index is 0.0566. The Kier molecular flexibility index (Phi) is 7.15. The van der Waals surface area contributed by atoms with Crippen LogP contribution in [0.3, 0.4) is 0 Å². The van der Waals surface area contributed by atoms with Crippen LogP contribution in [0.1, 0.15) is 47.5 Å². The van der Waals surface area contributed by atoms with Crippen LogP contribution in [-0.2, 0) is 0 Å². The van der Waals surface area contributed by atoms with Crippen molar-refractivity contribution in [3.8, 4) is 0 Å². The van der Waals surface area contributed by atoms with E-state index < -0.39 is 0 Å². The lowest BCUT2D eigenvalue weighted by Crippen LogP contribution is -2.33. The topological polar surface area (TPSA) is 62.3 Å². The molecule has 1 heterocycles. The summed E-state index contributed by atoms with van der Waals surface area (Å²) in [5.41, 5.74) is 0.742. The highest BCUT2D eigenvalue weighted by Gasteiger charge is 2.16. The van der Waals surface area contributed by atoms with Gasteiger partial charge in [0.15, 0.2) is 0 Å². The molecule has 1 aromatic rings. The van der Waals surface area contributed by atoms with E-state index in [2.05, 4.69) is 16.9 Å². The van der Waals surface area contributed by atoms with Crippen LogP contribution in [-0.4, -0.2) is 41.3 Å². The fourth-order valence-corrected chi connectivity index (χ4v) is 1.98. The van der Waals surface area contributed by atoms with Crippen molar-refractivity contribution in [2.45, 2.75) is 26.7 Å². The summed E-state index contributed by atoms with van der Waals surface area (Å²) >= 11 is 0. The number of carbonyl (C=O) groups is 2. The van der Waals surface area contributed by atoms with Crippen LogP contribution >= 0.6 is 0 Å². The third-order valence-corrected chi connectivity index (χ3v) is 2.92. The summed E-state index contributed by atoms with van der Waals surface area (Å²) in [4.78, 5) is 30.1. The van der Waals surface area contributed by atoms with Gasteiger partial charge in [0.2, 0.25) is 0 Å². The van der Waals surface area contributed by atoms with E-state index in [0.29, 0.717) is 25.2 Å². The number of aromatic nitrogens is 1. The van der Waals surface area contributed by atoms with E-state index >= 15 is 0 Å². The SMILES string of the molecule is C=CCNC(=O)c1cc(C(=O)N(CCC)CCC)ccn1. The van der Waals surface area contributed by atoms with Gasteiger partial charge in [-0.05, 0) is 25.0 Å². The zero-order chi connectivity index (χ0) is 15.7. The van der Waals surface area contributed by atoms with E-state index in [9.17, 15) is 9.59 Å². The smallest absolute Gasteiger partial charge is 0.270 e. The second kappa shape index (κ2) is 8.89. The molecule has 0 spiro atoms. The molecule has 0 aromatic carbocycles. The molecule has 21 heavy (non-hydrogen) atoms. The molecule has 2 amide bonds. The van der Waals surface area contributed by atoms with E-state index in [1.54, 1.807) is 23.1 Å². The Bertz CT molecular complexity index is 494. The van der Waals surface area contributed by atoms with E-state index in [-0.39, 0.29) is 17.5 Å². The first kappa shape index (κ1) is 16.9. The highest BCUT2D eigenvalue weighted by molar-refractivity contribution is 5.98. The van der Waals surface area contributed by atoms with Gasteiger partial charge in [-0.2, -0.15) is 0 Å². The van der Waals surface area contributed by atoms with Gasteiger partial charge in [0.1, 0.15) is 5.69 Å². The Balaban J connectivity index is 2.89. The number of carbonyl (C=O) groups excluding carboxylic acids is 2. The normalized spacial score (nSPS) is 10.0. The van der Waals surface area contributed by atoms with Crippen molar-refractivity contribution in [2.75, 3.05) is 19.6 Å². The van der Waals surface area contributed by atoms with Crippen LogP contribution in [0.15, 0.2) is 31.0 Å². The van der Waals surface area contributed by atoms with E-state index in [1.807, 2.05) is 13.8 Å². The number of nitrogens with one attached hydrogen (secondary N) is 1. The average molecular weight is 289 g/mol. The number of hydrogen-bond acceptors (Lipinski definition) is 3. The molecule has 1 N–H and O–H groups in total. The summed E-state index contributed by atoms with van der Waals surface area (Å²) in [6.07, 6.45) is 4.90. The molecule has 0 unspecified atom stereocenters. The number of amides is 2. The first-order valence-corrected chi connectivity index (χ1v) is 7.28. The molecule has 0 radical (unpaired) electrons. The first-order valence-electron chi connectivity index (χ1n) is 7.28. The molecule has 0 aliphatic carbocycles. The maximum absolute atomic E-state index is 12.5. The molecular formula is C16H23N3O2. The Morgan fingerprint density at radius 2 is 2.00 bits per heavy atom. The maximum Gasteiger partial charge on any atom is 0.270 e. The van der Waals surface area contributed by atoms with Gasteiger partial charge in [0, 0.05) is 31.4 Å². The van der Waals surface area contributed by atoms with Gasteiger partial charge in [-0.1, -0.05) is 19.9 Å². The fourth-order valence-electron chi connectivity index (χ4n) is 1.98. The van der Waals surface area contributed by atoms with Gasteiger partial charge in [-0.15, -0.1) is 6.58 Å². The molecule has 0 bridgehead atoms. The van der Waals surface area contributed by atoms with Gasteiger partial charge in [0.05, 0.1) is 0 Å². The average Bonchev–Trinajstić information content (AvgIpc) is 2.51. The lowest BCUT2D eigenvalue weighted by Gasteiger charge is -2.21. The van der Waals surface area contributed by atoms with E-state index in [4.69, 9.17) is 0 Å². The molecule has 0 aliphatic rings. The molecule has 0 saturated heterocycles. The largest absolute Gasteiger partial charge is 0.347 e. The lowest BCUT2D eigenvalue weighted by atomic mass is 10.2. The van der Waals surface area contributed by atoms with Crippen LogP contribution in [0.4, 0.5) is 0 Å². The van der Waals surface area contributed by atoms with Crippen LogP contribution in [0.25, 0.3) is 0 Å². The summed E-state index contributed by atoms with van der Waals surface area (Å²) in [5, 5.41) is 2.65. The molecular weight excluding hydrogens is 266 g/mol. The van der Waals surface area contributed by atoms with Crippen LogP contribution in [0.2, 0.25) is 0 Å². The molecule has 5 nitrogen and oxygen atoms in total. The molecule has 0 fully saturated rings. The number of rotatable bonds is 8. The quantitative estimate of drug-likeness (QED) is 0.747. The molecule has 1 rings (SSSR count). The molecule has 0 atom stereocenters. The van der Waals surface area contributed by atoms with E-state index in [1.165, 1.54) is 6.20 Å². The van der Waals surface area contributed by atoms with Crippen molar-refractivity contribution in [3.63, 3.8) is 0 Å². The fraction of sp³-hybridized carbons (Fsp3) is 0.438. The minimum atomic E-state index is -0.304. The lowest BCUT2D eigenvalue weighted by molar-refractivity contribution is 0.0755. The third-order valence-electron chi connectivity index (χ3n) is 2.92. The third kappa shape index (κ3) is 5.02. The number of nitrogens with zero attached hydrogens (tertiary/aromatic N) is 2. The first-order chi connectivity index (χ1) is 10.1. The van der Waals surface area contributed by atoms with Gasteiger partial charge < -0.3 is 10.2 Å². The van der Waals surface area contributed by atoms with Crippen molar-refractivity contribution in [1.82, 2.24) is 15.2 Å². The predicted molar refractivity (Wildman–Crippen MR) is 83.3 cm³/mol. The molecule has 0 aliphatic heterocycles. The van der Waals surface area contributed by atoms with Gasteiger partial charge in [-0.3, -0.25) is 14.6 Å². The standard InChI is InChI=1S/C16H23N3O2/c1-4-8-18-15(20)14-12-13(7-9-17-14)16(21)19(10-5-2)11-6-3/h4,7,9,12H,1,5-6,8,10-11H2,2-3H3,(H,18,20). The van der Waals surface area contributed by atoms with Crippen molar-refractivity contribution < 1.29 is 9.59 Å². The summed E-state index contributed by atoms with van der Waals surface area (Å²) in [5.74, 6) is -0.360. The van der Waals surface area contributed by atoms with Gasteiger partial charge >= 0.3 is 0 Å². The Morgan fingerprint density at radius 1 is 1.33 bits per heavy atom. The minimum Gasteiger partial charge on any atom is -0.347 e. The maximum atomic E-state index is 12.5. The Hall–Kier alpha value is -2.17. The zero-order valence-corrected chi connectivity index (χ0v) is 12.8. The van der Waals surface area contributed by atoms with Crippen molar-refractivity contribution in [2.24, 2.45) is 0 Å². The second-order valence-corrected chi connectivity index (χ2v) is 4.72. The highest BCUT2D eigenvalue weighted by Crippen LogP contribution is 2.08. The van der Waals surface area contributed by atoms with Crippen molar-refractivity contribution in [1.29, 1.82) is 0 Å². The van der Waals surface area contributed by atoms with Crippen LogP contribution in [0.5, 0.6) is 0 Å². The predicted octanol–water partition coefficient (Wildman–Crippen LogP) is 2.26. The summed E-state index contributed by atoms with van der Waals surface area (Å²) < 4.78 is 0. The summed E-state index contributed by atoms with van der Waals surface area (Å²) in [6.45, 7) is 9.42. The highest BCUT2D eigenvalue weighted by atomic mass is 16.2. The molecule has 0 saturated carbocycles. The summed E-state index contributed by atoms with van der Waals surface area (Å²) in [7, 11) is 0. The molecule has 114 valence electrons. The van der Waals surface area contributed by atoms with Gasteiger partial charge in [-0.25, -0.2) is 0 Å². The monoisotopic (exact) mass is 289 g/mol. The Morgan fingerprint density at radius 3 is 2.57 bits per heavy atom. The van der Waals surface area contributed by atoms with E-state index in [0.717, 1.165) is 12.8 Å². The van der Waals surface area contributed by atoms with Gasteiger partial charge in [0.25, 0.3) is 11.8 Å². The van der Waals surface area contributed by atoms with Crippen LogP contribution < -0.4 is 5.32 Å².